The highest BCUT2D eigenvalue weighted by molar-refractivity contribution is 6.30. The van der Waals surface area contributed by atoms with E-state index in [1.54, 1.807) is 73.1 Å². The molecule has 0 fully saturated rings. The number of halogens is 1. The minimum Gasteiger partial charge on any atom is -0.350 e. The van der Waals surface area contributed by atoms with Crippen LogP contribution in [0.3, 0.4) is 0 Å². The number of carbonyl (C=O) groups excluding carboxylic acids is 2. The molecule has 0 aliphatic carbocycles. The maximum absolute atomic E-state index is 12.3. The number of hydrogen-bond donors (Lipinski definition) is 3. The van der Waals surface area contributed by atoms with Gasteiger partial charge in [-0.25, -0.2) is 0 Å². The van der Waals surface area contributed by atoms with Gasteiger partial charge in [0.1, 0.15) is 0 Å². The van der Waals surface area contributed by atoms with E-state index in [0.717, 1.165) is 5.56 Å². The molecule has 7 heteroatoms. The third-order valence-corrected chi connectivity index (χ3v) is 4.34. The molecule has 1 aromatic heterocycles. The predicted molar refractivity (Wildman–Crippen MR) is 109 cm³/mol. The summed E-state index contributed by atoms with van der Waals surface area (Å²) in [7, 11) is 0. The lowest BCUT2D eigenvalue weighted by Gasteiger charge is -2.14. The molecule has 1 heterocycles. The third kappa shape index (κ3) is 5.16. The smallest absolute Gasteiger partial charge is 0.255 e. The van der Waals surface area contributed by atoms with Crippen molar-refractivity contribution in [1.82, 2.24) is 10.3 Å². The van der Waals surface area contributed by atoms with Gasteiger partial charge in [0.05, 0.1) is 0 Å². The lowest BCUT2D eigenvalue weighted by Crippen LogP contribution is -2.31. The number of carbonyl (C=O) groups is 2. The second-order valence-electron chi connectivity index (χ2n) is 6.14. The maximum Gasteiger partial charge on any atom is 0.255 e. The van der Waals surface area contributed by atoms with Crippen LogP contribution in [0.1, 0.15) is 32.3 Å². The lowest BCUT2D eigenvalue weighted by molar-refractivity contribution is 0.0950. The molecule has 28 heavy (non-hydrogen) atoms. The second kappa shape index (κ2) is 9.12. The van der Waals surface area contributed by atoms with Gasteiger partial charge in [-0.05, 0) is 48.0 Å². The van der Waals surface area contributed by atoms with Gasteiger partial charge in [-0.15, -0.1) is 0 Å². The molecule has 3 aromatic rings. The Morgan fingerprint density at radius 2 is 1.68 bits per heavy atom. The van der Waals surface area contributed by atoms with Crippen molar-refractivity contribution in [3.63, 3.8) is 0 Å². The van der Waals surface area contributed by atoms with Gasteiger partial charge in [0.25, 0.3) is 11.8 Å². The minimum atomic E-state index is -0.402. The van der Waals surface area contributed by atoms with Crippen LogP contribution < -0.4 is 16.4 Å². The highest BCUT2D eigenvalue weighted by Crippen LogP contribution is 2.14. The van der Waals surface area contributed by atoms with Crippen LogP contribution in [0.2, 0.25) is 5.02 Å². The summed E-state index contributed by atoms with van der Waals surface area (Å²) in [5.74, 6) is -0.466. The van der Waals surface area contributed by atoms with Crippen molar-refractivity contribution < 1.29 is 9.59 Å². The Morgan fingerprint density at radius 1 is 0.964 bits per heavy atom. The van der Waals surface area contributed by atoms with Gasteiger partial charge < -0.3 is 16.4 Å². The quantitative estimate of drug-likeness (QED) is 0.596. The molecule has 0 spiro atoms. The van der Waals surface area contributed by atoms with E-state index in [1.165, 1.54) is 0 Å². The van der Waals surface area contributed by atoms with Crippen LogP contribution in [0.5, 0.6) is 0 Å². The van der Waals surface area contributed by atoms with Crippen molar-refractivity contribution in [3.8, 4) is 0 Å². The van der Waals surface area contributed by atoms with Gasteiger partial charge in [-0.2, -0.15) is 0 Å². The second-order valence-corrected chi connectivity index (χ2v) is 6.58. The van der Waals surface area contributed by atoms with Gasteiger partial charge >= 0.3 is 0 Å². The number of pyridine rings is 1. The van der Waals surface area contributed by atoms with E-state index in [9.17, 15) is 9.59 Å². The molecule has 2 aromatic carbocycles. The Hall–Kier alpha value is -3.22. The number of rotatable bonds is 6. The average molecular weight is 395 g/mol. The number of aromatic nitrogens is 1. The van der Waals surface area contributed by atoms with E-state index >= 15 is 0 Å². The fourth-order valence-corrected chi connectivity index (χ4v) is 2.76. The van der Waals surface area contributed by atoms with Crippen LogP contribution in [0.25, 0.3) is 0 Å². The SMILES string of the molecule is NC(CNC(=O)c1cccc(Cl)c1)c1ccc(C(=O)Nc2ccncc2)cc1. The molecule has 0 bridgehead atoms. The van der Waals surface area contributed by atoms with Gasteiger partial charge in [-0.1, -0.05) is 29.8 Å². The molecular weight excluding hydrogens is 376 g/mol. The summed E-state index contributed by atoms with van der Waals surface area (Å²) >= 11 is 5.90. The number of amides is 2. The fraction of sp³-hybridized carbons (Fsp3) is 0.0952. The minimum absolute atomic E-state index is 0.222. The first kappa shape index (κ1) is 19.5. The summed E-state index contributed by atoms with van der Waals surface area (Å²) in [6.07, 6.45) is 3.21. The number of nitrogens with zero attached hydrogens (tertiary/aromatic N) is 1. The first-order valence-electron chi connectivity index (χ1n) is 8.63. The molecule has 0 aliphatic rings. The van der Waals surface area contributed by atoms with Crippen LogP contribution in [0, 0.1) is 0 Å². The van der Waals surface area contributed by atoms with Crippen molar-refractivity contribution in [2.45, 2.75) is 6.04 Å². The van der Waals surface area contributed by atoms with Gasteiger partial charge in [0.2, 0.25) is 0 Å². The zero-order chi connectivity index (χ0) is 19.9. The molecule has 142 valence electrons. The monoisotopic (exact) mass is 394 g/mol. The number of benzene rings is 2. The van der Waals surface area contributed by atoms with Crippen molar-refractivity contribution in [2.75, 3.05) is 11.9 Å². The van der Waals surface area contributed by atoms with Gasteiger partial charge in [-0.3, -0.25) is 14.6 Å². The average Bonchev–Trinajstić information content (AvgIpc) is 2.72. The number of anilines is 1. The number of hydrogen-bond acceptors (Lipinski definition) is 4. The summed E-state index contributed by atoms with van der Waals surface area (Å²) in [5, 5.41) is 6.08. The van der Waals surface area contributed by atoms with Crippen molar-refractivity contribution in [2.24, 2.45) is 5.73 Å². The fourth-order valence-electron chi connectivity index (χ4n) is 2.57. The maximum atomic E-state index is 12.3. The van der Waals surface area contributed by atoms with E-state index in [2.05, 4.69) is 15.6 Å². The third-order valence-electron chi connectivity index (χ3n) is 4.11. The predicted octanol–water partition coefficient (Wildman–Crippen LogP) is 3.42. The Labute approximate surface area is 167 Å². The van der Waals surface area contributed by atoms with E-state index in [-0.39, 0.29) is 18.4 Å². The first-order chi connectivity index (χ1) is 13.5. The lowest BCUT2D eigenvalue weighted by atomic mass is 10.0. The number of nitrogens with one attached hydrogen (secondary N) is 2. The van der Waals surface area contributed by atoms with Gasteiger partial charge in [0, 0.05) is 46.8 Å². The topological polar surface area (TPSA) is 97.1 Å². The molecule has 6 nitrogen and oxygen atoms in total. The van der Waals surface area contributed by atoms with Crippen LogP contribution in [-0.2, 0) is 0 Å². The van der Waals surface area contributed by atoms with E-state index in [4.69, 9.17) is 17.3 Å². The summed E-state index contributed by atoms with van der Waals surface area (Å²) in [6.45, 7) is 0.258. The summed E-state index contributed by atoms with van der Waals surface area (Å²) in [4.78, 5) is 28.3. The summed E-state index contributed by atoms with van der Waals surface area (Å²) in [6, 6.07) is 16.7. The Bertz CT molecular complexity index is 962. The van der Waals surface area contributed by atoms with Crippen LogP contribution in [-0.4, -0.2) is 23.3 Å². The van der Waals surface area contributed by atoms with E-state index < -0.39 is 6.04 Å². The van der Waals surface area contributed by atoms with E-state index in [1.807, 2.05) is 0 Å². The zero-order valence-electron chi connectivity index (χ0n) is 14.9. The Morgan fingerprint density at radius 3 is 2.36 bits per heavy atom. The van der Waals surface area contributed by atoms with Crippen LogP contribution in [0.15, 0.2) is 73.1 Å². The van der Waals surface area contributed by atoms with Crippen LogP contribution >= 0.6 is 11.6 Å². The Balaban J connectivity index is 1.56. The first-order valence-corrected chi connectivity index (χ1v) is 9.01. The number of nitrogens with two attached hydrogens (primary N) is 1. The molecule has 0 radical (unpaired) electrons. The largest absolute Gasteiger partial charge is 0.350 e. The normalized spacial score (nSPS) is 11.5. The summed E-state index contributed by atoms with van der Waals surface area (Å²) < 4.78 is 0. The molecule has 1 unspecified atom stereocenters. The highest BCUT2D eigenvalue weighted by Gasteiger charge is 2.12. The standard InChI is InChI=1S/C21H19ClN4O2/c22-17-3-1-2-16(12-17)20(27)25-13-19(23)14-4-6-15(7-5-14)21(28)26-18-8-10-24-11-9-18/h1-12,19H,13,23H2,(H,25,27)(H,24,26,28). The van der Waals surface area contributed by atoms with Crippen molar-refractivity contribution in [1.29, 1.82) is 0 Å². The molecule has 0 saturated carbocycles. The molecular formula is C21H19ClN4O2. The molecule has 2 amide bonds. The molecule has 0 saturated heterocycles. The molecule has 1 atom stereocenters. The zero-order valence-corrected chi connectivity index (χ0v) is 15.7. The van der Waals surface area contributed by atoms with Crippen molar-refractivity contribution >= 4 is 29.1 Å². The summed E-state index contributed by atoms with van der Waals surface area (Å²) in [5.41, 5.74) is 8.62. The van der Waals surface area contributed by atoms with Crippen LogP contribution in [0.4, 0.5) is 5.69 Å². The van der Waals surface area contributed by atoms with Crippen molar-refractivity contribution in [3.05, 3.63) is 94.8 Å². The molecule has 3 rings (SSSR count). The Kier molecular flexibility index (Phi) is 6.37. The van der Waals surface area contributed by atoms with Gasteiger partial charge in [0.15, 0.2) is 0 Å². The molecule has 0 aliphatic heterocycles. The molecule has 4 N–H and O–H groups in total. The highest BCUT2D eigenvalue weighted by atomic mass is 35.5. The van der Waals surface area contributed by atoms with E-state index in [0.29, 0.717) is 21.8 Å².